The second-order valence-electron chi connectivity index (χ2n) is 4.47. The van der Waals surface area contributed by atoms with Crippen molar-refractivity contribution in [1.82, 2.24) is 4.57 Å². The number of carbonyl (C=O) groups is 1. The number of hydrogen-bond donors (Lipinski definition) is 2. The van der Waals surface area contributed by atoms with Crippen molar-refractivity contribution < 1.29 is 14.3 Å². The summed E-state index contributed by atoms with van der Waals surface area (Å²) in [5, 5.41) is 9.25. The van der Waals surface area contributed by atoms with Gasteiger partial charge in [-0.25, -0.2) is 4.39 Å². The molecule has 1 aromatic heterocycles. The fraction of sp³-hybridized carbons (Fsp3) is 0.308. The normalized spacial score (nSPS) is 12.9. The molecular formula is C13H15FN2O2. The zero-order valence-corrected chi connectivity index (χ0v) is 10.3. The van der Waals surface area contributed by atoms with Crippen molar-refractivity contribution >= 4 is 16.9 Å². The van der Waals surface area contributed by atoms with Crippen molar-refractivity contribution in [3.05, 3.63) is 35.3 Å². The van der Waals surface area contributed by atoms with Crippen LogP contribution in [0, 0.1) is 12.7 Å². The van der Waals surface area contributed by atoms with Crippen LogP contribution in [0.2, 0.25) is 0 Å². The van der Waals surface area contributed by atoms with E-state index in [1.807, 2.05) is 18.5 Å². The predicted octanol–water partition coefficient (Wildman–Crippen LogP) is 1.58. The smallest absolute Gasteiger partial charge is 0.320 e. The molecule has 2 rings (SSSR count). The zero-order chi connectivity index (χ0) is 13.4. The Kier molecular flexibility index (Phi) is 3.09. The lowest BCUT2D eigenvalue weighted by molar-refractivity contribution is -0.138. The molecule has 96 valence electrons. The molecule has 0 spiro atoms. The van der Waals surface area contributed by atoms with Gasteiger partial charge in [-0.15, -0.1) is 0 Å². The Balaban J connectivity index is 2.48. The number of benzene rings is 1. The van der Waals surface area contributed by atoms with E-state index >= 15 is 0 Å². The molecule has 0 radical (unpaired) electrons. The maximum Gasteiger partial charge on any atom is 0.320 e. The zero-order valence-electron chi connectivity index (χ0n) is 10.3. The number of hydrogen-bond acceptors (Lipinski definition) is 2. The third-order valence-electron chi connectivity index (χ3n) is 3.24. The second kappa shape index (κ2) is 4.42. The molecule has 1 heterocycles. The second-order valence-corrected chi connectivity index (χ2v) is 4.47. The minimum Gasteiger partial charge on any atom is -0.480 e. The number of aryl methyl sites for hydroxylation is 2. The fourth-order valence-electron chi connectivity index (χ4n) is 2.04. The first-order chi connectivity index (χ1) is 8.41. The lowest BCUT2D eigenvalue weighted by Crippen LogP contribution is -2.32. The first-order valence-corrected chi connectivity index (χ1v) is 5.63. The Morgan fingerprint density at radius 2 is 2.22 bits per heavy atom. The van der Waals surface area contributed by atoms with Gasteiger partial charge in [0.25, 0.3) is 0 Å². The van der Waals surface area contributed by atoms with Gasteiger partial charge in [-0.3, -0.25) is 4.79 Å². The van der Waals surface area contributed by atoms with Gasteiger partial charge in [-0.1, -0.05) is 6.07 Å². The van der Waals surface area contributed by atoms with Crippen LogP contribution in [0.25, 0.3) is 10.9 Å². The SMILES string of the molecule is Cc1cc2c(F)c(CC(N)C(=O)O)ccc2n1C. The number of aliphatic carboxylic acids is 1. The molecule has 0 saturated carbocycles. The van der Waals surface area contributed by atoms with E-state index in [2.05, 4.69) is 0 Å². The van der Waals surface area contributed by atoms with Crippen LogP contribution in [0.15, 0.2) is 18.2 Å². The maximum atomic E-state index is 14.2. The monoisotopic (exact) mass is 250 g/mol. The number of halogens is 1. The largest absolute Gasteiger partial charge is 0.480 e. The molecule has 0 fully saturated rings. The number of nitrogens with zero attached hydrogens (tertiary/aromatic N) is 1. The van der Waals surface area contributed by atoms with Gasteiger partial charge >= 0.3 is 5.97 Å². The van der Waals surface area contributed by atoms with E-state index in [9.17, 15) is 9.18 Å². The Hall–Kier alpha value is -1.88. The van der Waals surface area contributed by atoms with Crippen molar-refractivity contribution in [3.63, 3.8) is 0 Å². The first-order valence-electron chi connectivity index (χ1n) is 5.63. The summed E-state index contributed by atoms with van der Waals surface area (Å²) in [7, 11) is 1.86. The molecule has 1 atom stereocenters. The van der Waals surface area contributed by atoms with E-state index in [-0.39, 0.29) is 12.2 Å². The van der Waals surface area contributed by atoms with Crippen molar-refractivity contribution in [2.24, 2.45) is 12.8 Å². The Bertz CT molecular complexity index is 619. The summed E-state index contributed by atoms with van der Waals surface area (Å²) in [5.41, 5.74) is 7.50. The van der Waals surface area contributed by atoms with Gasteiger partial charge in [-0.05, 0) is 24.6 Å². The van der Waals surface area contributed by atoms with Gasteiger partial charge in [0, 0.05) is 24.5 Å². The molecule has 0 aliphatic carbocycles. The summed E-state index contributed by atoms with van der Waals surface area (Å²) >= 11 is 0. The standard InChI is InChI=1S/C13H15FN2O2/c1-7-5-9-11(16(7)2)4-3-8(12(9)14)6-10(15)13(17)18/h3-5,10H,6,15H2,1-2H3,(H,17,18). The van der Waals surface area contributed by atoms with Crippen molar-refractivity contribution in [3.8, 4) is 0 Å². The molecule has 3 N–H and O–H groups in total. The van der Waals surface area contributed by atoms with E-state index in [1.165, 1.54) is 0 Å². The summed E-state index contributed by atoms with van der Waals surface area (Å²) in [6.45, 7) is 1.89. The number of carboxylic acids is 1. The molecule has 4 nitrogen and oxygen atoms in total. The number of aromatic nitrogens is 1. The van der Waals surface area contributed by atoms with Crippen molar-refractivity contribution in [2.45, 2.75) is 19.4 Å². The van der Waals surface area contributed by atoms with Gasteiger partial charge in [0.05, 0.1) is 5.52 Å². The molecule has 0 aliphatic rings. The third kappa shape index (κ3) is 1.97. The highest BCUT2D eigenvalue weighted by Gasteiger charge is 2.17. The third-order valence-corrected chi connectivity index (χ3v) is 3.24. The van der Waals surface area contributed by atoms with Gasteiger partial charge in [0.1, 0.15) is 11.9 Å². The van der Waals surface area contributed by atoms with Crippen LogP contribution >= 0.6 is 0 Å². The van der Waals surface area contributed by atoms with E-state index < -0.39 is 12.0 Å². The average molecular weight is 250 g/mol. The van der Waals surface area contributed by atoms with Crippen LogP contribution in [-0.2, 0) is 18.3 Å². The van der Waals surface area contributed by atoms with Crippen LogP contribution in [0.3, 0.4) is 0 Å². The average Bonchev–Trinajstić information content (AvgIpc) is 2.60. The topological polar surface area (TPSA) is 68.2 Å². The predicted molar refractivity (Wildman–Crippen MR) is 66.9 cm³/mol. The van der Waals surface area contributed by atoms with Gasteiger partial charge < -0.3 is 15.4 Å². The van der Waals surface area contributed by atoms with Crippen LogP contribution in [-0.4, -0.2) is 21.7 Å². The molecule has 0 saturated heterocycles. The Morgan fingerprint density at radius 1 is 1.56 bits per heavy atom. The summed E-state index contributed by atoms with van der Waals surface area (Å²) in [5.74, 6) is -1.51. The molecule has 1 unspecified atom stereocenters. The number of carboxylic acid groups (broad SMARTS) is 1. The highest BCUT2D eigenvalue weighted by Crippen LogP contribution is 2.24. The van der Waals surface area contributed by atoms with Crippen LogP contribution in [0.1, 0.15) is 11.3 Å². The van der Waals surface area contributed by atoms with Crippen molar-refractivity contribution in [1.29, 1.82) is 0 Å². The van der Waals surface area contributed by atoms with Crippen LogP contribution in [0.4, 0.5) is 4.39 Å². The van der Waals surface area contributed by atoms with Gasteiger partial charge in [0.15, 0.2) is 0 Å². The number of rotatable bonds is 3. The Labute approximate surface area is 104 Å². The lowest BCUT2D eigenvalue weighted by atomic mass is 10.0. The van der Waals surface area contributed by atoms with Crippen molar-refractivity contribution in [2.75, 3.05) is 0 Å². The lowest BCUT2D eigenvalue weighted by Gasteiger charge is -2.08. The highest BCUT2D eigenvalue weighted by molar-refractivity contribution is 5.83. The van der Waals surface area contributed by atoms with E-state index in [0.29, 0.717) is 10.9 Å². The van der Waals surface area contributed by atoms with Gasteiger partial charge in [-0.2, -0.15) is 0 Å². The van der Waals surface area contributed by atoms with Crippen LogP contribution < -0.4 is 5.73 Å². The fourth-order valence-corrected chi connectivity index (χ4v) is 2.04. The quantitative estimate of drug-likeness (QED) is 0.869. The summed E-state index contributed by atoms with van der Waals surface area (Å²) in [6, 6.07) is 4.05. The first kappa shape index (κ1) is 12.6. The molecular weight excluding hydrogens is 235 g/mol. The molecule has 0 aliphatic heterocycles. The van der Waals surface area contributed by atoms with E-state index in [0.717, 1.165) is 11.2 Å². The maximum absolute atomic E-state index is 14.2. The summed E-state index contributed by atoms with van der Waals surface area (Å²) in [6.07, 6.45) is -0.00888. The number of fused-ring (bicyclic) bond motifs is 1. The molecule has 0 bridgehead atoms. The molecule has 1 aromatic carbocycles. The molecule has 5 heteroatoms. The molecule has 2 aromatic rings. The van der Waals surface area contributed by atoms with E-state index in [1.54, 1.807) is 18.2 Å². The molecule has 0 amide bonds. The highest BCUT2D eigenvalue weighted by atomic mass is 19.1. The summed E-state index contributed by atoms with van der Waals surface area (Å²) in [4.78, 5) is 10.7. The van der Waals surface area contributed by atoms with E-state index in [4.69, 9.17) is 10.8 Å². The van der Waals surface area contributed by atoms with Crippen LogP contribution in [0.5, 0.6) is 0 Å². The number of nitrogens with two attached hydrogens (primary N) is 1. The summed E-state index contributed by atoms with van der Waals surface area (Å²) < 4.78 is 16.1. The minimum absolute atomic E-state index is 0.00888. The van der Waals surface area contributed by atoms with Gasteiger partial charge in [0.2, 0.25) is 0 Å². The Morgan fingerprint density at radius 3 is 2.83 bits per heavy atom. The minimum atomic E-state index is -1.13. The molecule has 18 heavy (non-hydrogen) atoms.